The van der Waals surface area contributed by atoms with E-state index in [0.29, 0.717) is 11.6 Å². The third-order valence-corrected chi connectivity index (χ3v) is 2.68. The highest BCUT2D eigenvalue weighted by Gasteiger charge is 2.16. The summed E-state index contributed by atoms with van der Waals surface area (Å²) in [6.07, 6.45) is 0. The Morgan fingerprint density at radius 2 is 2.22 bits per heavy atom. The lowest BCUT2D eigenvalue weighted by atomic mass is 10.4. The second-order valence-corrected chi connectivity index (χ2v) is 4.68. The third-order valence-electron chi connectivity index (χ3n) is 1.90. The first-order chi connectivity index (χ1) is 8.54. The molecular weight excluding hydrogens is 254 g/mol. The molecule has 1 aromatic rings. The molecule has 0 unspecified atom stereocenters. The zero-order valence-electron chi connectivity index (χ0n) is 10.6. The minimum Gasteiger partial charge on any atom is -0.461 e. The number of amides is 1. The Bertz CT molecular complexity index is 417. The van der Waals surface area contributed by atoms with Crippen LogP contribution in [0.25, 0.3) is 0 Å². The van der Waals surface area contributed by atoms with Crippen LogP contribution in [0, 0.1) is 0 Å². The Kier molecular flexibility index (Phi) is 5.57. The van der Waals surface area contributed by atoms with Crippen LogP contribution in [0.1, 0.15) is 31.3 Å². The van der Waals surface area contributed by atoms with Crippen LogP contribution in [0.4, 0.5) is 5.00 Å². The number of rotatable bonds is 6. The maximum Gasteiger partial charge on any atom is 0.360 e. The molecule has 0 saturated heterocycles. The summed E-state index contributed by atoms with van der Waals surface area (Å²) in [4.78, 5) is 26.9. The van der Waals surface area contributed by atoms with Gasteiger partial charge in [0.05, 0.1) is 18.7 Å². The van der Waals surface area contributed by atoms with Gasteiger partial charge in [0.1, 0.15) is 5.00 Å². The monoisotopic (exact) mass is 271 g/mol. The number of nitrogens with zero attached hydrogens (tertiary/aromatic N) is 1. The van der Waals surface area contributed by atoms with Crippen molar-refractivity contribution in [3.63, 3.8) is 0 Å². The largest absolute Gasteiger partial charge is 0.461 e. The third kappa shape index (κ3) is 4.33. The Morgan fingerprint density at radius 1 is 1.50 bits per heavy atom. The van der Waals surface area contributed by atoms with E-state index in [1.165, 1.54) is 16.8 Å². The molecule has 0 spiro atoms. The van der Waals surface area contributed by atoms with Crippen molar-refractivity contribution in [3.8, 4) is 0 Å². The van der Waals surface area contributed by atoms with Crippen molar-refractivity contribution in [2.75, 3.05) is 18.5 Å². The fourth-order valence-electron chi connectivity index (χ4n) is 1.25. The summed E-state index contributed by atoms with van der Waals surface area (Å²) in [5.41, 5.74) is 1.76. The molecule has 1 heterocycles. The van der Waals surface area contributed by atoms with Gasteiger partial charge in [-0.05, 0) is 20.8 Å². The molecule has 0 aromatic carbocycles. The van der Waals surface area contributed by atoms with Crippen molar-refractivity contribution in [1.82, 2.24) is 10.3 Å². The summed E-state index contributed by atoms with van der Waals surface area (Å²) in [5.74, 6) is -0.612. The number of carbonyl (C=O) groups excluding carboxylic acids is 2. The number of esters is 1. The van der Waals surface area contributed by atoms with Crippen molar-refractivity contribution >= 4 is 28.2 Å². The van der Waals surface area contributed by atoms with E-state index in [0.717, 1.165) is 0 Å². The van der Waals surface area contributed by atoms with Crippen LogP contribution in [0.2, 0.25) is 0 Å². The van der Waals surface area contributed by atoms with Crippen molar-refractivity contribution in [1.29, 1.82) is 0 Å². The SMILES string of the molecule is CCOC(=O)c1ncsc1NCC(=O)NC(C)C. The number of nitrogens with one attached hydrogen (secondary N) is 2. The maximum atomic E-state index is 11.5. The van der Waals surface area contributed by atoms with Gasteiger partial charge in [-0.3, -0.25) is 4.79 Å². The fraction of sp³-hybridized carbons (Fsp3) is 0.545. The summed E-state index contributed by atoms with van der Waals surface area (Å²) in [6.45, 7) is 5.90. The first-order valence-electron chi connectivity index (χ1n) is 5.68. The van der Waals surface area contributed by atoms with Gasteiger partial charge in [-0.2, -0.15) is 0 Å². The van der Waals surface area contributed by atoms with Crippen LogP contribution in [0.15, 0.2) is 5.51 Å². The van der Waals surface area contributed by atoms with Gasteiger partial charge in [0.25, 0.3) is 0 Å². The van der Waals surface area contributed by atoms with Crippen LogP contribution >= 0.6 is 11.3 Å². The minimum atomic E-state index is -0.481. The number of anilines is 1. The zero-order chi connectivity index (χ0) is 13.5. The highest BCUT2D eigenvalue weighted by molar-refractivity contribution is 7.14. The van der Waals surface area contributed by atoms with E-state index < -0.39 is 5.97 Å². The summed E-state index contributed by atoms with van der Waals surface area (Å²) in [6, 6.07) is 0.0882. The molecule has 0 radical (unpaired) electrons. The van der Waals surface area contributed by atoms with E-state index in [4.69, 9.17) is 4.74 Å². The molecule has 1 amide bonds. The van der Waals surface area contributed by atoms with Crippen molar-refractivity contribution in [2.45, 2.75) is 26.8 Å². The van der Waals surface area contributed by atoms with E-state index in [9.17, 15) is 9.59 Å². The van der Waals surface area contributed by atoms with E-state index in [-0.39, 0.29) is 24.2 Å². The highest BCUT2D eigenvalue weighted by Crippen LogP contribution is 2.20. The van der Waals surface area contributed by atoms with E-state index in [1.54, 1.807) is 6.92 Å². The van der Waals surface area contributed by atoms with Crippen molar-refractivity contribution in [2.24, 2.45) is 0 Å². The molecule has 0 atom stereocenters. The van der Waals surface area contributed by atoms with Gasteiger partial charge in [0.15, 0.2) is 5.69 Å². The van der Waals surface area contributed by atoms with E-state index >= 15 is 0 Å². The predicted octanol–water partition coefficient (Wildman–Crippen LogP) is 1.26. The lowest BCUT2D eigenvalue weighted by Gasteiger charge is -2.09. The highest BCUT2D eigenvalue weighted by atomic mass is 32.1. The van der Waals surface area contributed by atoms with Gasteiger partial charge in [0.2, 0.25) is 5.91 Å². The molecule has 7 heteroatoms. The van der Waals surface area contributed by atoms with Crippen LogP contribution in [0.3, 0.4) is 0 Å². The number of ether oxygens (including phenoxy) is 1. The van der Waals surface area contributed by atoms with Crippen LogP contribution in [0.5, 0.6) is 0 Å². The molecule has 1 rings (SSSR count). The van der Waals surface area contributed by atoms with Gasteiger partial charge in [-0.15, -0.1) is 11.3 Å². The first kappa shape index (κ1) is 14.4. The fourth-order valence-corrected chi connectivity index (χ4v) is 1.92. The zero-order valence-corrected chi connectivity index (χ0v) is 11.5. The number of hydrogen-bond acceptors (Lipinski definition) is 6. The molecule has 0 aliphatic carbocycles. The second kappa shape index (κ2) is 6.95. The van der Waals surface area contributed by atoms with Gasteiger partial charge in [0, 0.05) is 6.04 Å². The molecule has 0 fully saturated rings. The minimum absolute atomic E-state index is 0.0882. The van der Waals surface area contributed by atoms with Crippen LogP contribution < -0.4 is 10.6 Å². The molecule has 100 valence electrons. The lowest BCUT2D eigenvalue weighted by Crippen LogP contribution is -2.34. The van der Waals surface area contributed by atoms with Gasteiger partial charge in [-0.1, -0.05) is 0 Å². The quantitative estimate of drug-likeness (QED) is 0.761. The second-order valence-electron chi connectivity index (χ2n) is 3.83. The molecule has 18 heavy (non-hydrogen) atoms. The lowest BCUT2D eigenvalue weighted by molar-refractivity contribution is -0.119. The smallest absolute Gasteiger partial charge is 0.360 e. The van der Waals surface area contributed by atoms with Crippen LogP contribution in [-0.2, 0) is 9.53 Å². The Hall–Kier alpha value is -1.63. The Balaban J connectivity index is 2.55. The molecule has 6 nitrogen and oxygen atoms in total. The summed E-state index contributed by atoms with van der Waals surface area (Å²) >= 11 is 1.26. The average molecular weight is 271 g/mol. The number of carbonyl (C=O) groups is 2. The van der Waals surface area contributed by atoms with Crippen molar-refractivity contribution in [3.05, 3.63) is 11.2 Å². The molecule has 1 aromatic heterocycles. The summed E-state index contributed by atoms with van der Waals surface area (Å²) in [5, 5.41) is 6.17. The predicted molar refractivity (Wildman–Crippen MR) is 69.8 cm³/mol. The Morgan fingerprint density at radius 3 is 2.83 bits per heavy atom. The van der Waals surface area contributed by atoms with Gasteiger partial charge in [-0.25, -0.2) is 9.78 Å². The maximum absolute atomic E-state index is 11.5. The number of thiazole rings is 1. The molecule has 2 N–H and O–H groups in total. The van der Waals surface area contributed by atoms with Gasteiger partial charge >= 0.3 is 5.97 Å². The number of hydrogen-bond donors (Lipinski definition) is 2. The Labute approximate surface area is 110 Å². The molecule has 0 saturated carbocycles. The average Bonchev–Trinajstić information content (AvgIpc) is 2.73. The first-order valence-corrected chi connectivity index (χ1v) is 6.56. The van der Waals surface area contributed by atoms with Gasteiger partial charge < -0.3 is 15.4 Å². The van der Waals surface area contributed by atoms with E-state index in [2.05, 4.69) is 15.6 Å². The molecule has 0 aliphatic heterocycles. The summed E-state index contributed by atoms with van der Waals surface area (Å²) in [7, 11) is 0. The normalized spacial score (nSPS) is 10.2. The summed E-state index contributed by atoms with van der Waals surface area (Å²) < 4.78 is 4.86. The van der Waals surface area contributed by atoms with Crippen molar-refractivity contribution < 1.29 is 14.3 Å². The number of aromatic nitrogens is 1. The topological polar surface area (TPSA) is 80.3 Å². The standard InChI is InChI=1S/C11H17N3O3S/c1-4-17-11(16)9-10(18-6-13-9)12-5-8(15)14-7(2)3/h6-7,12H,4-5H2,1-3H3,(H,14,15). The van der Waals surface area contributed by atoms with Crippen LogP contribution in [-0.4, -0.2) is 36.1 Å². The molecule has 0 bridgehead atoms. The molecular formula is C11H17N3O3S. The van der Waals surface area contributed by atoms with E-state index in [1.807, 2.05) is 13.8 Å². The molecule has 0 aliphatic rings.